The van der Waals surface area contributed by atoms with Gasteiger partial charge in [-0.3, -0.25) is 4.98 Å². The van der Waals surface area contributed by atoms with E-state index >= 15 is 0 Å². The molecule has 0 fully saturated rings. The average Bonchev–Trinajstić information content (AvgIpc) is 3.06. The summed E-state index contributed by atoms with van der Waals surface area (Å²) in [5, 5.41) is 1.86. The summed E-state index contributed by atoms with van der Waals surface area (Å²) in [5.74, 6) is 0. The highest BCUT2D eigenvalue weighted by atomic mass is 19.4. The summed E-state index contributed by atoms with van der Waals surface area (Å²) in [6.45, 7) is 1.80. The fraction of sp³-hybridized carbons (Fsp3) is 0.100. The number of rotatable bonds is 2. The molecule has 0 unspecified atom stereocenters. The van der Waals surface area contributed by atoms with Crippen molar-refractivity contribution in [3.8, 4) is 16.8 Å². The van der Waals surface area contributed by atoms with Crippen LogP contribution < -0.4 is 0 Å². The van der Waals surface area contributed by atoms with Crippen LogP contribution in [0.4, 0.5) is 13.2 Å². The topological polar surface area (TPSA) is 30.7 Å². The van der Waals surface area contributed by atoms with E-state index in [0.29, 0.717) is 11.3 Å². The monoisotopic (exact) mass is 353 g/mol. The third kappa shape index (κ3) is 2.83. The Morgan fingerprint density at radius 1 is 1.00 bits per heavy atom. The van der Waals surface area contributed by atoms with E-state index in [1.54, 1.807) is 30.1 Å². The lowest BCUT2D eigenvalue weighted by Crippen LogP contribution is -2.07. The first-order valence-electron chi connectivity index (χ1n) is 7.99. The summed E-state index contributed by atoms with van der Waals surface area (Å²) in [6.07, 6.45) is 2.25. The molecule has 0 bridgehead atoms. The second-order valence-electron chi connectivity index (χ2n) is 6.05. The predicted octanol–water partition coefficient (Wildman–Crippen LogP) is 5.41. The molecule has 0 atom stereocenters. The third-order valence-corrected chi connectivity index (χ3v) is 4.29. The molecule has 0 saturated heterocycles. The minimum absolute atomic E-state index is 0.435. The molecular weight excluding hydrogens is 339 g/mol. The molecule has 0 saturated carbocycles. The molecule has 0 amide bonds. The van der Waals surface area contributed by atoms with Crippen molar-refractivity contribution in [2.45, 2.75) is 13.1 Å². The Kier molecular flexibility index (Phi) is 3.76. The van der Waals surface area contributed by atoms with Gasteiger partial charge in [0.25, 0.3) is 0 Å². The number of pyridine rings is 1. The summed E-state index contributed by atoms with van der Waals surface area (Å²) in [4.78, 5) is 8.27. The van der Waals surface area contributed by atoms with Crippen molar-refractivity contribution in [3.63, 3.8) is 0 Å². The summed E-state index contributed by atoms with van der Waals surface area (Å²) >= 11 is 0. The quantitative estimate of drug-likeness (QED) is 0.482. The summed E-state index contributed by atoms with van der Waals surface area (Å²) in [6, 6.07) is 11.4. The zero-order valence-corrected chi connectivity index (χ0v) is 13.8. The van der Waals surface area contributed by atoms with Crippen molar-refractivity contribution in [1.29, 1.82) is 0 Å². The highest BCUT2D eigenvalue weighted by Gasteiger charge is 2.31. The zero-order valence-electron chi connectivity index (χ0n) is 13.8. The van der Waals surface area contributed by atoms with Crippen LogP contribution in [-0.2, 0) is 6.18 Å². The van der Waals surface area contributed by atoms with E-state index in [2.05, 4.69) is 9.97 Å². The summed E-state index contributed by atoms with van der Waals surface area (Å²) in [5.41, 5.74) is 2.02. The SMILES string of the molecule is Cc1cn(-c2cc(C(F)(F)F)ccc2-c2cccc3cnccc23)cn1. The van der Waals surface area contributed by atoms with E-state index in [9.17, 15) is 13.2 Å². The van der Waals surface area contributed by atoms with Gasteiger partial charge in [-0.25, -0.2) is 4.98 Å². The van der Waals surface area contributed by atoms with Crippen LogP contribution >= 0.6 is 0 Å². The first-order chi connectivity index (χ1) is 12.4. The van der Waals surface area contributed by atoms with Gasteiger partial charge in [0.15, 0.2) is 0 Å². The summed E-state index contributed by atoms with van der Waals surface area (Å²) in [7, 11) is 0. The maximum Gasteiger partial charge on any atom is 0.416 e. The summed E-state index contributed by atoms with van der Waals surface area (Å²) < 4.78 is 41.4. The third-order valence-electron chi connectivity index (χ3n) is 4.29. The number of hydrogen-bond acceptors (Lipinski definition) is 2. The van der Waals surface area contributed by atoms with Gasteiger partial charge >= 0.3 is 6.18 Å². The van der Waals surface area contributed by atoms with Crippen LogP contribution in [0, 0.1) is 6.92 Å². The average molecular weight is 353 g/mol. The van der Waals surface area contributed by atoms with Crippen molar-refractivity contribution < 1.29 is 13.2 Å². The molecule has 2 heterocycles. The fourth-order valence-electron chi connectivity index (χ4n) is 3.06. The fourth-order valence-corrected chi connectivity index (χ4v) is 3.06. The normalized spacial score (nSPS) is 11.8. The number of imidazole rings is 1. The minimum Gasteiger partial charge on any atom is -0.305 e. The minimum atomic E-state index is -4.41. The molecule has 4 aromatic rings. The molecule has 26 heavy (non-hydrogen) atoms. The maximum atomic E-state index is 13.2. The number of hydrogen-bond donors (Lipinski definition) is 0. The smallest absolute Gasteiger partial charge is 0.305 e. The van der Waals surface area contributed by atoms with Crippen molar-refractivity contribution in [2.24, 2.45) is 0 Å². The highest BCUT2D eigenvalue weighted by molar-refractivity contribution is 5.98. The Bertz CT molecular complexity index is 1090. The second-order valence-corrected chi connectivity index (χ2v) is 6.05. The predicted molar refractivity (Wildman–Crippen MR) is 94.0 cm³/mol. The van der Waals surface area contributed by atoms with Crippen LogP contribution in [0.1, 0.15) is 11.3 Å². The maximum absolute atomic E-state index is 13.2. The number of nitrogens with zero attached hydrogens (tertiary/aromatic N) is 3. The Morgan fingerprint density at radius 2 is 1.85 bits per heavy atom. The zero-order chi connectivity index (χ0) is 18.3. The lowest BCUT2D eigenvalue weighted by Gasteiger charge is -2.16. The Balaban J connectivity index is 2.01. The van der Waals surface area contributed by atoms with Crippen LogP contribution in [0.3, 0.4) is 0 Å². The number of benzene rings is 2. The standard InChI is InChI=1S/C20H14F3N3/c1-13-11-26(12-25-13)19-9-15(20(21,22)23)5-6-18(19)17-4-2-3-14-10-24-8-7-16(14)17/h2-12H,1H3. The van der Waals surface area contributed by atoms with Crippen LogP contribution in [-0.4, -0.2) is 14.5 Å². The number of aromatic nitrogens is 3. The van der Waals surface area contributed by atoms with Crippen molar-refractivity contribution >= 4 is 10.8 Å². The highest BCUT2D eigenvalue weighted by Crippen LogP contribution is 2.37. The molecule has 130 valence electrons. The van der Waals surface area contributed by atoms with Crippen molar-refractivity contribution in [1.82, 2.24) is 14.5 Å². The van der Waals surface area contributed by atoms with E-state index in [1.807, 2.05) is 24.3 Å². The van der Waals surface area contributed by atoms with E-state index in [4.69, 9.17) is 0 Å². The van der Waals surface area contributed by atoms with E-state index in [1.165, 1.54) is 12.4 Å². The molecule has 2 aromatic heterocycles. The van der Waals surface area contributed by atoms with E-state index < -0.39 is 11.7 Å². The first kappa shape index (κ1) is 16.3. The van der Waals surface area contributed by atoms with E-state index in [-0.39, 0.29) is 0 Å². The lowest BCUT2D eigenvalue weighted by molar-refractivity contribution is -0.137. The molecule has 0 aliphatic carbocycles. The number of fused-ring (bicyclic) bond motifs is 1. The molecule has 2 aromatic carbocycles. The van der Waals surface area contributed by atoms with Crippen LogP contribution in [0.2, 0.25) is 0 Å². The second kappa shape index (κ2) is 5.98. The van der Waals surface area contributed by atoms with Gasteiger partial charge in [0.1, 0.15) is 0 Å². The lowest BCUT2D eigenvalue weighted by atomic mass is 9.96. The first-order valence-corrected chi connectivity index (χ1v) is 7.99. The van der Waals surface area contributed by atoms with Crippen LogP contribution in [0.25, 0.3) is 27.6 Å². The molecule has 3 nitrogen and oxygen atoms in total. The van der Waals surface area contributed by atoms with Crippen LogP contribution in [0.5, 0.6) is 0 Å². The van der Waals surface area contributed by atoms with Crippen molar-refractivity contribution in [2.75, 3.05) is 0 Å². The van der Waals surface area contributed by atoms with Crippen LogP contribution in [0.15, 0.2) is 67.4 Å². The molecule has 6 heteroatoms. The number of alkyl halides is 3. The van der Waals surface area contributed by atoms with Gasteiger partial charge in [-0.05, 0) is 36.1 Å². The van der Waals surface area contributed by atoms with Gasteiger partial charge in [-0.1, -0.05) is 24.3 Å². The molecular formula is C20H14F3N3. The molecule has 0 N–H and O–H groups in total. The largest absolute Gasteiger partial charge is 0.416 e. The van der Waals surface area contributed by atoms with Gasteiger partial charge in [-0.15, -0.1) is 0 Å². The molecule has 0 spiro atoms. The van der Waals surface area contributed by atoms with Gasteiger partial charge in [0.05, 0.1) is 23.3 Å². The molecule has 0 aliphatic heterocycles. The van der Waals surface area contributed by atoms with Gasteiger partial charge in [0, 0.05) is 29.5 Å². The van der Waals surface area contributed by atoms with Gasteiger partial charge in [0.2, 0.25) is 0 Å². The Hall–Kier alpha value is -3.15. The molecule has 0 radical (unpaired) electrons. The number of aryl methyl sites for hydroxylation is 1. The van der Waals surface area contributed by atoms with Gasteiger partial charge < -0.3 is 4.57 Å². The van der Waals surface area contributed by atoms with E-state index in [0.717, 1.165) is 34.2 Å². The van der Waals surface area contributed by atoms with Gasteiger partial charge in [-0.2, -0.15) is 13.2 Å². The Labute approximate surface area is 147 Å². The number of halogens is 3. The molecule has 4 rings (SSSR count). The van der Waals surface area contributed by atoms with Crippen molar-refractivity contribution in [3.05, 3.63) is 78.6 Å². The molecule has 0 aliphatic rings. The Morgan fingerprint density at radius 3 is 2.58 bits per heavy atom.